The van der Waals surface area contributed by atoms with Gasteiger partial charge in [-0.2, -0.15) is 0 Å². The molecule has 0 saturated heterocycles. The maximum Gasteiger partial charge on any atom is 0.340 e. The summed E-state index contributed by atoms with van der Waals surface area (Å²) in [4.78, 5) is 69.0. The Kier molecular flexibility index (Phi) is 7.99. The van der Waals surface area contributed by atoms with Crippen LogP contribution in [0.15, 0.2) is 66.7 Å². The maximum absolute atomic E-state index is 12.3. The normalized spacial score (nSPS) is 10.3. The molecular weight excluding hydrogens is 490 g/mol. The molecule has 0 bridgehead atoms. The zero-order valence-electron chi connectivity index (χ0n) is 18.8. The molecule has 0 unspecified atom stereocenters. The standard InChI is InChI=1S/C24H17N3O10/c25-20-11-16(23(30)36-12-21(28)14-1-6-17(7-2-14)26(32)33)5-10-19(20)24(31)37-13-22(29)15-3-8-18(9-4-15)27(34)35/h1-11H,12-13,25H2. The topological polar surface area (TPSA) is 199 Å². The number of nitro benzene ring substituents is 2. The molecule has 13 heteroatoms. The third-order valence-electron chi connectivity index (χ3n) is 4.98. The van der Waals surface area contributed by atoms with E-state index in [-0.39, 0.29) is 39.3 Å². The van der Waals surface area contributed by atoms with Crippen molar-refractivity contribution < 1.29 is 38.5 Å². The van der Waals surface area contributed by atoms with Gasteiger partial charge in [-0.3, -0.25) is 29.8 Å². The van der Waals surface area contributed by atoms with Crippen LogP contribution in [0.3, 0.4) is 0 Å². The van der Waals surface area contributed by atoms with Gasteiger partial charge in [-0.05, 0) is 42.5 Å². The minimum absolute atomic E-state index is 0.0625. The van der Waals surface area contributed by atoms with E-state index >= 15 is 0 Å². The van der Waals surface area contributed by atoms with Crippen LogP contribution in [-0.2, 0) is 9.47 Å². The lowest BCUT2D eigenvalue weighted by molar-refractivity contribution is -0.385. The smallest absolute Gasteiger partial charge is 0.340 e. The molecule has 3 rings (SSSR count). The number of ether oxygens (including phenoxy) is 2. The number of anilines is 1. The van der Waals surface area contributed by atoms with Crippen LogP contribution >= 0.6 is 0 Å². The first-order valence-corrected chi connectivity index (χ1v) is 10.4. The first-order chi connectivity index (χ1) is 17.6. The maximum atomic E-state index is 12.3. The Labute approximate surface area is 207 Å². The molecule has 0 atom stereocenters. The number of hydrogen-bond acceptors (Lipinski definition) is 11. The van der Waals surface area contributed by atoms with Crippen molar-refractivity contribution in [3.8, 4) is 0 Å². The Hall–Kier alpha value is -5.46. The number of Topliss-reactive ketones (excluding diaryl/α,β-unsaturated/α-hetero) is 2. The molecule has 0 aliphatic rings. The van der Waals surface area contributed by atoms with Gasteiger partial charge in [0.15, 0.2) is 24.8 Å². The number of ketones is 2. The number of benzene rings is 3. The van der Waals surface area contributed by atoms with Gasteiger partial charge in [-0.1, -0.05) is 0 Å². The summed E-state index contributed by atoms with van der Waals surface area (Å²) in [6.45, 7) is -1.28. The quantitative estimate of drug-likeness (QED) is 0.139. The lowest BCUT2D eigenvalue weighted by atomic mass is 10.1. The SMILES string of the molecule is Nc1cc(C(=O)OCC(=O)c2ccc([N+](=O)[O-])cc2)ccc1C(=O)OCC(=O)c1ccc([N+](=O)[O-])cc1. The molecule has 0 amide bonds. The van der Waals surface area contributed by atoms with Crippen LogP contribution in [0.1, 0.15) is 41.4 Å². The highest BCUT2D eigenvalue weighted by atomic mass is 16.6. The molecule has 0 saturated carbocycles. The van der Waals surface area contributed by atoms with Crippen molar-refractivity contribution in [2.75, 3.05) is 18.9 Å². The fourth-order valence-corrected chi connectivity index (χ4v) is 3.00. The van der Waals surface area contributed by atoms with Crippen LogP contribution in [0.4, 0.5) is 17.1 Å². The van der Waals surface area contributed by atoms with Gasteiger partial charge in [-0.25, -0.2) is 9.59 Å². The van der Waals surface area contributed by atoms with Crippen molar-refractivity contribution >= 4 is 40.6 Å². The number of carbonyl (C=O) groups excluding carboxylic acids is 4. The molecule has 3 aromatic carbocycles. The lowest BCUT2D eigenvalue weighted by Gasteiger charge is -2.09. The van der Waals surface area contributed by atoms with E-state index in [0.29, 0.717) is 0 Å². The van der Waals surface area contributed by atoms with Crippen molar-refractivity contribution in [3.63, 3.8) is 0 Å². The lowest BCUT2D eigenvalue weighted by Crippen LogP contribution is -2.17. The number of rotatable bonds is 10. The average Bonchev–Trinajstić information content (AvgIpc) is 2.89. The number of nitrogen functional groups attached to an aromatic ring is 1. The minimum Gasteiger partial charge on any atom is -0.454 e. The van der Waals surface area contributed by atoms with Crippen molar-refractivity contribution in [1.29, 1.82) is 0 Å². The van der Waals surface area contributed by atoms with Gasteiger partial charge in [0.1, 0.15) is 0 Å². The van der Waals surface area contributed by atoms with E-state index in [1.807, 2.05) is 0 Å². The summed E-state index contributed by atoms with van der Waals surface area (Å²) in [6, 6.07) is 13.0. The number of esters is 2. The number of nitro groups is 2. The summed E-state index contributed by atoms with van der Waals surface area (Å²) in [5.41, 5.74) is 5.31. The second kappa shape index (κ2) is 11.3. The fourth-order valence-electron chi connectivity index (χ4n) is 3.00. The molecule has 0 heterocycles. The number of nitrogens with two attached hydrogens (primary N) is 1. The summed E-state index contributed by atoms with van der Waals surface area (Å²) >= 11 is 0. The number of non-ortho nitro benzene ring substituents is 2. The molecule has 0 aliphatic heterocycles. The van der Waals surface area contributed by atoms with Gasteiger partial charge in [0.25, 0.3) is 11.4 Å². The van der Waals surface area contributed by atoms with Crippen LogP contribution in [0.5, 0.6) is 0 Å². The van der Waals surface area contributed by atoms with E-state index in [4.69, 9.17) is 15.2 Å². The summed E-state index contributed by atoms with van der Waals surface area (Å²) in [7, 11) is 0. The Morgan fingerprint density at radius 2 is 1.05 bits per heavy atom. The summed E-state index contributed by atoms with van der Waals surface area (Å²) < 4.78 is 9.90. The molecule has 0 spiro atoms. The zero-order valence-corrected chi connectivity index (χ0v) is 18.8. The van der Waals surface area contributed by atoms with Crippen LogP contribution in [0.2, 0.25) is 0 Å². The summed E-state index contributed by atoms with van der Waals surface area (Å²) in [5.74, 6) is -3.04. The fraction of sp³-hybridized carbons (Fsp3) is 0.0833. The van der Waals surface area contributed by atoms with E-state index in [9.17, 15) is 39.4 Å². The first kappa shape index (κ1) is 26.2. The molecule has 13 nitrogen and oxygen atoms in total. The molecule has 0 radical (unpaired) electrons. The van der Waals surface area contributed by atoms with Crippen molar-refractivity contribution in [2.24, 2.45) is 0 Å². The Morgan fingerprint density at radius 3 is 1.46 bits per heavy atom. The zero-order chi connectivity index (χ0) is 27.1. The van der Waals surface area contributed by atoms with Gasteiger partial charge < -0.3 is 15.2 Å². The van der Waals surface area contributed by atoms with Crippen LogP contribution in [-0.4, -0.2) is 46.6 Å². The molecule has 188 valence electrons. The van der Waals surface area contributed by atoms with E-state index in [0.717, 1.165) is 30.3 Å². The van der Waals surface area contributed by atoms with Gasteiger partial charge in [0.2, 0.25) is 0 Å². The van der Waals surface area contributed by atoms with Crippen LogP contribution in [0.25, 0.3) is 0 Å². The van der Waals surface area contributed by atoms with Crippen LogP contribution < -0.4 is 5.73 Å². The third-order valence-corrected chi connectivity index (χ3v) is 4.98. The second-order valence-electron chi connectivity index (χ2n) is 7.41. The predicted octanol–water partition coefficient (Wildman–Crippen LogP) is 3.16. The third kappa shape index (κ3) is 6.57. The van der Waals surface area contributed by atoms with Crippen molar-refractivity contribution in [1.82, 2.24) is 0 Å². The highest BCUT2D eigenvalue weighted by Gasteiger charge is 2.18. The monoisotopic (exact) mass is 507 g/mol. The molecule has 0 fully saturated rings. The van der Waals surface area contributed by atoms with Gasteiger partial charge in [0.05, 0.1) is 21.0 Å². The summed E-state index contributed by atoms with van der Waals surface area (Å²) in [6.07, 6.45) is 0. The van der Waals surface area contributed by atoms with E-state index < -0.39 is 46.6 Å². The van der Waals surface area contributed by atoms with E-state index in [1.54, 1.807) is 0 Å². The largest absolute Gasteiger partial charge is 0.454 e. The molecular formula is C24H17N3O10. The molecule has 3 aromatic rings. The Bertz CT molecular complexity index is 1400. The number of hydrogen-bond donors (Lipinski definition) is 1. The molecule has 0 aliphatic carbocycles. The van der Waals surface area contributed by atoms with Gasteiger partial charge in [-0.15, -0.1) is 0 Å². The first-order valence-electron chi connectivity index (χ1n) is 10.4. The van der Waals surface area contributed by atoms with Crippen molar-refractivity contribution in [3.05, 3.63) is 109 Å². The molecule has 37 heavy (non-hydrogen) atoms. The van der Waals surface area contributed by atoms with Crippen LogP contribution in [0, 0.1) is 20.2 Å². The van der Waals surface area contributed by atoms with Gasteiger partial charge >= 0.3 is 11.9 Å². The second-order valence-corrected chi connectivity index (χ2v) is 7.41. The summed E-state index contributed by atoms with van der Waals surface area (Å²) in [5, 5.41) is 21.4. The van der Waals surface area contributed by atoms with Crippen molar-refractivity contribution in [2.45, 2.75) is 0 Å². The minimum atomic E-state index is -0.943. The van der Waals surface area contributed by atoms with E-state index in [1.165, 1.54) is 36.4 Å². The number of nitrogens with zero attached hydrogens (tertiary/aromatic N) is 2. The molecule has 0 aromatic heterocycles. The Balaban J connectivity index is 1.55. The average molecular weight is 507 g/mol. The highest BCUT2D eigenvalue weighted by molar-refractivity contribution is 6.02. The Morgan fingerprint density at radius 1 is 0.649 bits per heavy atom. The predicted molar refractivity (Wildman–Crippen MR) is 126 cm³/mol. The highest BCUT2D eigenvalue weighted by Crippen LogP contribution is 2.18. The van der Waals surface area contributed by atoms with E-state index in [2.05, 4.69) is 0 Å². The molecule has 2 N–H and O–H groups in total. The number of carbonyl (C=O) groups is 4. The van der Waals surface area contributed by atoms with Gasteiger partial charge in [0, 0.05) is 41.1 Å².